The number of nitrogens with zero attached hydrogens (tertiary/aromatic N) is 1. The van der Waals surface area contributed by atoms with Gasteiger partial charge in [-0.3, -0.25) is 0 Å². The van der Waals surface area contributed by atoms with E-state index in [0.29, 0.717) is 12.2 Å². The Balaban J connectivity index is 2.59. The molecule has 0 radical (unpaired) electrons. The topological polar surface area (TPSA) is 40.7 Å². The van der Waals surface area contributed by atoms with Gasteiger partial charge in [0.2, 0.25) is 0 Å². The summed E-state index contributed by atoms with van der Waals surface area (Å²) in [5.41, 5.74) is 0.533. The van der Waals surface area contributed by atoms with E-state index in [1.165, 1.54) is 6.20 Å². The van der Waals surface area contributed by atoms with Gasteiger partial charge >= 0.3 is 0 Å². The van der Waals surface area contributed by atoms with Crippen molar-refractivity contribution in [3.8, 4) is 0 Å². The van der Waals surface area contributed by atoms with E-state index in [9.17, 15) is 4.39 Å². The molecule has 1 aromatic rings. The predicted molar refractivity (Wildman–Crippen MR) is 36.2 cm³/mol. The maximum Gasteiger partial charge on any atom is 0.131 e. The van der Waals surface area contributed by atoms with Gasteiger partial charge in [0.1, 0.15) is 12.5 Å². The van der Waals surface area contributed by atoms with Crippen molar-refractivity contribution in [1.29, 1.82) is 0 Å². The summed E-state index contributed by atoms with van der Waals surface area (Å²) in [5.74, 6) is 0.773. The van der Waals surface area contributed by atoms with Gasteiger partial charge in [0.15, 0.2) is 0 Å². The third kappa shape index (κ3) is 1.54. The first kappa shape index (κ1) is 7.21. The zero-order valence-corrected chi connectivity index (χ0v) is 5.82. The standard InChI is InChI=1S/C6H10FN3/c1-8-4-6-9-3-5(2-7)10-6/h3,8H,2,4H2,1H3,(H,9,10). The molecule has 0 unspecified atom stereocenters. The molecule has 0 atom stereocenters. The molecule has 3 nitrogen and oxygen atoms in total. The molecule has 0 spiro atoms. The fourth-order valence-electron chi connectivity index (χ4n) is 0.731. The number of hydrogen-bond acceptors (Lipinski definition) is 2. The molecular formula is C6H10FN3. The van der Waals surface area contributed by atoms with Crippen molar-refractivity contribution in [2.75, 3.05) is 7.05 Å². The third-order valence-corrected chi connectivity index (χ3v) is 1.17. The molecular weight excluding hydrogens is 133 g/mol. The minimum atomic E-state index is -0.475. The average molecular weight is 143 g/mol. The molecule has 0 aliphatic heterocycles. The van der Waals surface area contributed by atoms with E-state index in [-0.39, 0.29) is 0 Å². The van der Waals surface area contributed by atoms with Crippen LogP contribution in [0.15, 0.2) is 6.20 Å². The highest BCUT2D eigenvalue weighted by atomic mass is 19.1. The quantitative estimate of drug-likeness (QED) is 0.650. The van der Waals surface area contributed by atoms with Crippen LogP contribution >= 0.6 is 0 Å². The van der Waals surface area contributed by atoms with Crippen molar-refractivity contribution in [3.05, 3.63) is 17.7 Å². The monoisotopic (exact) mass is 143 g/mol. The van der Waals surface area contributed by atoms with Crippen molar-refractivity contribution in [2.45, 2.75) is 13.2 Å². The Morgan fingerprint density at radius 3 is 3.10 bits per heavy atom. The number of hydrogen-bond donors (Lipinski definition) is 2. The minimum Gasteiger partial charge on any atom is -0.343 e. The Morgan fingerprint density at radius 2 is 2.60 bits per heavy atom. The second-order valence-electron chi connectivity index (χ2n) is 2.02. The Hall–Kier alpha value is -0.900. The van der Waals surface area contributed by atoms with Crippen molar-refractivity contribution in [1.82, 2.24) is 15.3 Å². The Kier molecular flexibility index (Phi) is 2.39. The first-order valence-electron chi connectivity index (χ1n) is 3.10. The van der Waals surface area contributed by atoms with Crippen molar-refractivity contribution in [2.24, 2.45) is 0 Å². The average Bonchev–Trinajstić information content (AvgIpc) is 2.37. The predicted octanol–water partition coefficient (Wildman–Crippen LogP) is 0.599. The van der Waals surface area contributed by atoms with Gasteiger partial charge < -0.3 is 10.3 Å². The van der Waals surface area contributed by atoms with Crippen LogP contribution in [0.25, 0.3) is 0 Å². The number of aromatic amines is 1. The van der Waals surface area contributed by atoms with Crippen molar-refractivity contribution >= 4 is 0 Å². The normalized spacial score (nSPS) is 10.2. The van der Waals surface area contributed by atoms with Gasteiger partial charge in [-0.25, -0.2) is 9.37 Å². The molecule has 56 valence electrons. The molecule has 1 aromatic heterocycles. The molecule has 10 heavy (non-hydrogen) atoms. The highest BCUT2D eigenvalue weighted by Crippen LogP contribution is 1.97. The van der Waals surface area contributed by atoms with Crippen LogP contribution < -0.4 is 5.32 Å². The highest BCUT2D eigenvalue weighted by molar-refractivity contribution is 4.99. The summed E-state index contributed by atoms with van der Waals surface area (Å²) in [4.78, 5) is 6.73. The van der Waals surface area contributed by atoms with Crippen molar-refractivity contribution < 1.29 is 4.39 Å². The van der Waals surface area contributed by atoms with E-state index in [4.69, 9.17) is 0 Å². The summed E-state index contributed by atoms with van der Waals surface area (Å²) in [7, 11) is 1.82. The lowest BCUT2D eigenvalue weighted by atomic mass is 10.5. The zero-order chi connectivity index (χ0) is 7.40. The zero-order valence-electron chi connectivity index (χ0n) is 5.82. The van der Waals surface area contributed by atoms with E-state index in [1.54, 1.807) is 0 Å². The van der Waals surface area contributed by atoms with Crippen molar-refractivity contribution in [3.63, 3.8) is 0 Å². The molecule has 1 rings (SSSR count). The van der Waals surface area contributed by atoms with Gasteiger partial charge in [-0.15, -0.1) is 0 Å². The van der Waals surface area contributed by atoms with Crippen LogP contribution in [0.1, 0.15) is 11.5 Å². The second kappa shape index (κ2) is 3.31. The lowest BCUT2D eigenvalue weighted by molar-refractivity contribution is 0.476. The van der Waals surface area contributed by atoms with E-state index in [1.807, 2.05) is 7.05 Å². The van der Waals surface area contributed by atoms with Crippen LogP contribution in [0.5, 0.6) is 0 Å². The summed E-state index contributed by atoms with van der Waals surface area (Å²) in [6.45, 7) is 0.177. The molecule has 0 saturated heterocycles. The molecule has 4 heteroatoms. The fraction of sp³-hybridized carbons (Fsp3) is 0.500. The largest absolute Gasteiger partial charge is 0.343 e. The van der Waals surface area contributed by atoms with Crippen LogP contribution in [0, 0.1) is 0 Å². The molecule has 0 amide bonds. The van der Waals surface area contributed by atoms with Crippen LogP contribution in [-0.4, -0.2) is 17.0 Å². The Bertz CT molecular complexity index is 197. The summed E-state index contributed by atoms with van der Waals surface area (Å²) in [6.07, 6.45) is 1.51. The molecule has 0 fully saturated rings. The minimum absolute atomic E-state index is 0.475. The Morgan fingerprint density at radius 1 is 1.80 bits per heavy atom. The molecule has 1 heterocycles. The summed E-state index contributed by atoms with van der Waals surface area (Å²) in [6, 6.07) is 0. The van der Waals surface area contributed by atoms with E-state index in [0.717, 1.165) is 5.82 Å². The van der Waals surface area contributed by atoms with E-state index >= 15 is 0 Å². The van der Waals surface area contributed by atoms with Crippen LogP contribution in [0.2, 0.25) is 0 Å². The molecule has 0 bridgehead atoms. The molecule has 2 N–H and O–H groups in total. The van der Waals surface area contributed by atoms with Crippen LogP contribution in [0.4, 0.5) is 4.39 Å². The number of rotatable bonds is 3. The van der Waals surface area contributed by atoms with Gasteiger partial charge in [-0.05, 0) is 7.05 Å². The maximum atomic E-state index is 11.9. The number of nitrogens with one attached hydrogen (secondary N) is 2. The van der Waals surface area contributed by atoms with Gasteiger partial charge in [-0.2, -0.15) is 0 Å². The molecule has 0 aliphatic carbocycles. The van der Waals surface area contributed by atoms with Crippen LogP contribution in [0.3, 0.4) is 0 Å². The lowest BCUT2D eigenvalue weighted by Gasteiger charge is -1.90. The second-order valence-corrected chi connectivity index (χ2v) is 2.02. The third-order valence-electron chi connectivity index (χ3n) is 1.17. The Labute approximate surface area is 58.7 Å². The number of aromatic nitrogens is 2. The van der Waals surface area contributed by atoms with Gasteiger partial charge in [0, 0.05) is 0 Å². The smallest absolute Gasteiger partial charge is 0.131 e. The lowest BCUT2D eigenvalue weighted by Crippen LogP contribution is -2.06. The SMILES string of the molecule is CNCc1ncc(CF)[nH]1. The first-order chi connectivity index (χ1) is 4.86. The summed E-state index contributed by atoms with van der Waals surface area (Å²) < 4.78 is 11.9. The number of alkyl halides is 1. The summed E-state index contributed by atoms with van der Waals surface area (Å²) >= 11 is 0. The number of imidazole rings is 1. The first-order valence-corrected chi connectivity index (χ1v) is 3.10. The fourth-order valence-corrected chi connectivity index (χ4v) is 0.731. The highest BCUT2D eigenvalue weighted by Gasteiger charge is 1.96. The van der Waals surface area contributed by atoms with Crippen LogP contribution in [-0.2, 0) is 13.2 Å². The number of halogens is 1. The van der Waals surface area contributed by atoms with Gasteiger partial charge in [0.05, 0.1) is 18.4 Å². The maximum absolute atomic E-state index is 11.9. The summed E-state index contributed by atoms with van der Waals surface area (Å²) in [5, 5.41) is 2.91. The molecule has 0 aromatic carbocycles. The molecule has 0 aliphatic rings. The molecule has 0 saturated carbocycles. The van der Waals surface area contributed by atoms with E-state index in [2.05, 4.69) is 15.3 Å². The number of H-pyrrole nitrogens is 1. The van der Waals surface area contributed by atoms with Gasteiger partial charge in [0.25, 0.3) is 0 Å². The van der Waals surface area contributed by atoms with E-state index < -0.39 is 6.67 Å². The van der Waals surface area contributed by atoms with Gasteiger partial charge in [-0.1, -0.05) is 0 Å².